The number of likely N-dealkylation sites (tertiary alicyclic amines) is 1. The third-order valence-electron chi connectivity index (χ3n) is 5.53. The van der Waals surface area contributed by atoms with Crippen LogP contribution in [0.15, 0.2) is 61.1 Å². The van der Waals surface area contributed by atoms with Crippen molar-refractivity contribution in [1.82, 2.24) is 29.3 Å². The van der Waals surface area contributed by atoms with Gasteiger partial charge < -0.3 is 5.32 Å². The van der Waals surface area contributed by atoms with Gasteiger partial charge in [0.25, 0.3) is 0 Å². The van der Waals surface area contributed by atoms with E-state index in [2.05, 4.69) is 39.7 Å². The Balaban J connectivity index is 1.25. The first-order valence-electron chi connectivity index (χ1n) is 10.1. The van der Waals surface area contributed by atoms with Gasteiger partial charge in [0.15, 0.2) is 11.5 Å². The summed E-state index contributed by atoms with van der Waals surface area (Å²) >= 11 is 0. The summed E-state index contributed by atoms with van der Waals surface area (Å²) in [5.74, 6) is 1.38. The average molecular weight is 387 g/mol. The molecule has 0 unspecified atom stereocenters. The first kappa shape index (κ1) is 17.9. The van der Waals surface area contributed by atoms with Gasteiger partial charge in [-0.05, 0) is 50.2 Å². The molecule has 0 atom stereocenters. The van der Waals surface area contributed by atoms with Crippen molar-refractivity contribution in [3.63, 3.8) is 0 Å². The van der Waals surface area contributed by atoms with Crippen LogP contribution >= 0.6 is 0 Å². The van der Waals surface area contributed by atoms with Crippen molar-refractivity contribution in [3.05, 3.63) is 72.4 Å². The summed E-state index contributed by atoms with van der Waals surface area (Å²) in [6, 6.07) is 14.2. The number of piperidine rings is 1. The first-order chi connectivity index (χ1) is 14.2. The van der Waals surface area contributed by atoms with E-state index in [1.807, 2.05) is 52.9 Å². The SMILES string of the molecule is Cn1cc(CN2CCC(c3nc4ccc(Nc5ccccc5)cn4n3)CC2)cn1. The topological polar surface area (TPSA) is 63.3 Å². The van der Waals surface area contributed by atoms with Gasteiger partial charge in [0.2, 0.25) is 0 Å². The van der Waals surface area contributed by atoms with Crippen molar-refractivity contribution < 1.29 is 0 Å². The molecule has 0 saturated carbocycles. The molecule has 7 heteroatoms. The monoisotopic (exact) mass is 387 g/mol. The maximum atomic E-state index is 4.79. The summed E-state index contributed by atoms with van der Waals surface area (Å²) in [6.07, 6.45) is 8.24. The van der Waals surface area contributed by atoms with Crippen molar-refractivity contribution in [1.29, 1.82) is 0 Å². The molecule has 4 aromatic rings. The van der Waals surface area contributed by atoms with Crippen LogP contribution in [0.25, 0.3) is 5.65 Å². The normalized spacial score (nSPS) is 15.8. The summed E-state index contributed by atoms with van der Waals surface area (Å²) in [6.45, 7) is 3.10. The van der Waals surface area contributed by atoms with E-state index >= 15 is 0 Å². The standard InChI is InChI=1S/C22H25N7/c1-27-14-17(13-23-27)15-28-11-9-18(10-12-28)22-25-21-8-7-20(16-29(21)26-22)24-19-5-3-2-4-6-19/h2-8,13-14,16,18,24H,9-12,15H2,1H3. The maximum Gasteiger partial charge on any atom is 0.155 e. The molecule has 0 amide bonds. The number of pyridine rings is 1. The Kier molecular flexibility index (Phi) is 4.73. The van der Waals surface area contributed by atoms with Crippen LogP contribution in [0.2, 0.25) is 0 Å². The molecule has 5 rings (SSSR count). The molecule has 3 aromatic heterocycles. The van der Waals surface area contributed by atoms with Crippen LogP contribution in [0.1, 0.15) is 30.1 Å². The lowest BCUT2D eigenvalue weighted by molar-refractivity contribution is 0.202. The molecule has 148 valence electrons. The third-order valence-corrected chi connectivity index (χ3v) is 5.53. The molecule has 1 fully saturated rings. The molecular formula is C22H25N7. The number of nitrogens with zero attached hydrogens (tertiary/aromatic N) is 6. The first-order valence-corrected chi connectivity index (χ1v) is 10.1. The van der Waals surface area contributed by atoms with E-state index in [9.17, 15) is 0 Å². The zero-order valence-corrected chi connectivity index (χ0v) is 16.6. The number of anilines is 2. The summed E-state index contributed by atoms with van der Waals surface area (Å²) in [7, 11) is 1.96. The van der Waals surface area contributed by atoms with Gasteiger partial charge in [-0.2, -0.15) is 10.2 Å². The van der Waals surface area contributed by atoms with E-state index in [0.717, 1.165) is 55.3 Å². The lowest BCUT2D eigenvalue weighted by Gasteiger charge is -2.30. The zero-order chi connectivity index (χ0) is 19.6. The molecule has 0 aliphatic carbocycles. The zero-order valence-electron chi connectivity index (χ0n) is 16.6. The number of nitrogens with one attached hydrogen (secondary N) is 1. The summed E-state index contributed by atoms with van der Waals surface area (Å²) in [5, 5.41) is 12.5. The predicted molar refractivity (Wildman–Crippen MR) is 113 cm³/mol. The highest BCUT2D eigenvalue weighted by Gasteiger charge is 2.24. The molecule has 1 N–H and O–H groups in total. The highest BCUT2D eigenvalue weighted by Crippen LogP contribution is 2.27. The Morgan fingerprint density at radius 2 is 1.83 bits per heavy atom. The fourth-order valence-corrected chi connectivity index (χ4v) is 4.00. The number of rotatable bonds is 5. The van der Waals surface area contributed by atoms with E-state index in [1.165, 1.54) is 5.56 Å². The van der Waals surface area contributed by atoms with Gasteiger partial charge in [-0.1, -0.05) is 18.2 Å². The smallest absolute Gasteiger partial charge is 0.155 e. The summed E-state index contributed by atoms with van der Waals surface area (Å²) < 4.78 is 3.76. The largest absolute Gasteiger partial charge is 0.354 e. The molecule has 1 aliphatic rings. The van der Waals surface area contributed by atoms with Gasteiger partial charge in [0.05, 0.1) is 18.1 Å². The minimum absolute atomic E-state index is 0.422. The fourth-order valence-electron chi connectivity index (χ4n) is 4.00. The molecule has 0 spiro atoms. The Morgan fingerprint density at radius 3 is 2.59 bits per heavy atom. The number of hydrogen-bond acceptors (Lipinski definition) is 5. The van der Waals surface area contributed by atoms with Crippen LogP contribution in [0.5, 0.6) is 0 Å². The van der Waals surface area contributed by atoms with Crippen LogP contribution in [0, 0.1) is 0 Å². The molecule has 29 heavy (non-hydrogen) atoms. The predicted octanol–water partition coefficient (Wildman–Crippen LogP) is 3.59. The Morgan fingerprint density at radius 1 is 1.00 bits per heavy atom. The van der Waals surface area contributed by atoms with Crippen molar-refractivity contribution >= 4 is 17.0 Å². The molecule has 1 aromatic carbocycles. The highest BCUT2D eigenvalue weighted by molar-refractivity contribution is 5.60. The molecule has 1 saturated heterocycles. The lowest BCUT2D eigenvalue weighted by atomic mass is 9.96. The van der Waals surface area contributed by atoms with E-state index < -0.39 is 0 Å². The second-order valence-corrected chi connectivity index (χ2v) is 7.75. The van der Waals surface area contributed by atoms with Gasteiger partial charge >= 0.3 is 0 Å². The third kappa shape index (κ3) is 4.00. The Labute approximate surface area is 170 Å². The molecule has 4 heterocycles. The van der Waals surface area contributed by atoms with Crippen molar-refractivity contribution in [2.24, 2.45) is 7.05 Å². The second-order valence-electron chi connectivity index (χ2n) is 7.75. The minimum Gasteiger partial charge on any atom is -0.354 e. The fraction of sp³-hybridized carbons (Fsp3) is 0.318. The highest BCUT2D eigenvalue weighted by atomic mass is 15.3. The molecule has 7 nitrogen and oxygen atoms in total. The number of aromatic nitrogens is 5. The quantitative estimate of drug-likeness (QED) is 0.567. The lowest BCUT2D eigenvalue weighted by Crippen LogP contribution is -2.32. The Hall–Kier alpha value is -3.19. The molecule has 1 aliphatic heterocycles. The van der Waals surface area contributed by atoms with Gasteiger partial charge in [0.1, 0.15) is 0 Å². The minimum atomic E-state index is 0.422. The van der Waals surface area contributed by atoms with E-state index in [0.29, 0.717) is 5.92 Å². The van der Waals surface area contributed by atoms with E-state index in [4.69, 9.17) is 10.1 Å². The second kappa shape index (κ2) is 7.67. The number of hydrogen-bond donors (Lipinski definition) is 1. The molecule has 0 radical (unpaired) electrons. The van der Waals surface area contributed by atoms with Gasteiger partial charge in [-0.3, -0.25) is 9.58 Å². The maximum absolute atomic E-state index is 4.79. The van der Waals surface area contributed by atoms with Crippen LogP contribution < -0.4 is 5.32 Å². The van der Waals surface area contributed by atoms with Gasteiger partial charge in [-0.25, -0.2) is 9.50 Å². The summed E-state index contributed by atoms with van der Waals surface area (Å²) in [4.78, 5) is 7.28. The van der Waals surface area contributed by atoms with Crippen molar-refractivity contribution in [3.8, 4) is 0 Å². The van der Waals surface area contributed by atoms with Crippen LogP contribution in [-0.4, -0.2) is 42.4 Å². The molecule has 0 bridgehead atoms. The summed E-state index contributed by atoms with van der Waals surface area (Å²) in [5.41, 5.74) is 4.24. The number of fused-ring (bicyclic) bond motifs is 1. The van der Waals surface area contributed by atoms with E-state index in [-0.39, 0.29) is 0 Å². The van der Waals surface area contributed by atoms with E-state index in [1.54, 1.807) is 0 Å². The van der Waals surface area contributed by atoms with Crippen molar-refractivity contribution in [2.75, 3.05) is 18.4 Å². The molecular weight excluding hydrogens is 362 g/mol. The van der Waals surface area contributed by atoms with Crippen LogP contribution in [0.4, 0.5) is 11.4 Å². The van der Waals surface area contributed by atoms with Crippen molar-refractivity contribution in [2.45, 2.75) is 25.3 Å². The Bertz CT molecular complexity index is 1090. The number of benzene rings is 1. The van der Waals surface area contributed by atoms with Gasteiger partial charge in [0, 0.05) is 37.0 Å². The number of para-hydroxylation sites is 1. The van der Waals surface area contributed by atoms with Crippen LogP contribution in [-0.2, 0) is 13.6 Å². The average Bonchev–Trinajstić information content (AvgIpc) is 3.35. The number of aryl methyl sites for hydroxylation is 1. The van der Waals surface area contributed by atoms with Crippen LogP contribution in [0.3, 0.4) is 0 Å². The van der Waals surface area contributed by atoms with Gasteiger partial charge in [-0.15, -0.1) is 0 Å².